The number of carbonyl (C=O) groups is 2. The number of aromatic nitrogens is 1. The molecule has 124 valence electrons. The predicted molar refractivity (Wildman–Crippen MR) is 88.4 cm³/mol. The van der Waals surface area contributed by atoms with Crippen LogP contribution in [-0.2, 0) is 11.2 Å². The zero-order valence-corrected chi connectivity index (χ0v) is 14.5. The standard InChI is InChI=1S/C16H26N2O3S/c1-11(2)10-13-15(22-12(3)18-13)16(21)17-9-7-5-4-6-8-14(19)20/h11H,4-10H2,1-3H3,(H,17,21)(H,19,20). The number of nitrogens with one attached hydrogen (secondary N) is 1. The molecule has 0 aromatic carbocycles. The quantitative estimate of drug-likeness (QED) is 0.646. The van der Waals surface area contributed by atoms with Crippen LogP contribution in [-0.4, -0.2) is 28.5 Å². The van der Waals surface area contributed by atoms with E-state index in [0.29, 0.717) is 18.9 Å². The molecule has 2 N–H and O–H groups in total. The third kappa shape index (κ3) is 7.02. The fourth-order valence-corrected chi connectivity index (χ4v) is 3.07. The first-order valence-corrected chi connectivity index (χ1v) is 8.68. The van der Waals surface area contributed by atoms with Crippen molar-refractivity contribution in [3.05, 3.63) is 15.6 Å². The molecule has 0 saturated carbocycles. The second-order valence-corrected chi connectivity index (χ2v) is 7.12. The van der Waals surface area contributed by atoms with Gasteiger partial charge in [0.15, 0.2) is 0 Å². The third-order valence-corrected chi connectivity index (χ3v) is 4.23. The van der Waals surface area contributed by atoms with Gasteiger partial charge in [-0.2, -0.15) is 0 Å². The molecule has 6 heteroatoms. The van der Waals surface area contributed by atoms with Crippen LogP contribution in [0.3, 0.4) is 0 Å². The van der Waals surface area contributed by atoms with Gasteiger partial charge in [0.1, 0.15) is 4.88 Å². The summed E-state index contributed by atoms with van der Waals surface area (Å²) in [5.74, 6) is -0.305. The van der Waals surface area contributed by atoms with Crippen LogP contribution >= 0.6 is 11.3 Å². The van der Waals surface area contributed by atoms with Gasteiger partial charge >= 0.3 is 5.97 Å². The van der Waals surface area contributed by atoms with E-state index in [1.165, 1.54) is 11.3 Å². The largest absolute Gasteiger partial charge is 0.481 e. The van der Waals surface area contributed by atoms with E-state index in [-0.39, 0.29) is 12.3 Å². The molecule has 0 aliphatic carbocycles. The molecule has 0 bridgehead atoms. The minimum atomic E-state index is -0.744. The predicted octanol–water partition coefficient (Wildman–Crippen LogP) is 3.41. The molecule has 0 aliphatic heterocycles. The Morgan fingerprint density at radius 2 is 1.91 bits per heavy atom. The maximum atomic E-state index is 12.2. The van der Waals surface area contributed by atoms with Crippen molar-refractivity contribution in [2.45, 2.75) is 59.3 Å². The molecule has 0 aliphatic rings. The Bertz CT molecular complexity index is 498. The monoisotopic (exact) mass is 326 g/mol. The molecule has 1 amide bonds. The Kier molecular flexibility index (Phi) is 8.09. The lowest BCUT2D eigenvalue weighted by Crippen LogP contribution is -2.24. The molecule has 1 heterocycles. The molecule has 0 fully saturated rings. The van der Waals surface area contributed by atoms with E-state index in [1.807, 2.05) is 6.92 Å². The molecular formula is C16H26N2O3S. The first kappa shape index (κ1) is 18.6. The summed E-state index contributed by atoms with van der Waals surface area (Å²) in [5.41, 5.74) is 0.899. The van der Waals surface area contributed by atoms with Gasteiger partial charge in [0.25, 0.3) is 5.91 Å². The summed E-state index contributed by atoms with van der Waals surface area (Å²) in [6.45, 7) is 6.79. The van der Waals surface area contributed by atoms with Crippen molar-refractivity contribution in [1.29, 1.82) is 0 Å². The lowest BCUT2D eigenvalue weighted by atomic mass is 10.1. The number of carbonyl (C=O) groups excluding carboxylic acids is 1. The number of amides is 1. The van der Waals surface area contributed by atoms with Crippen molar-refractivity contribution in [2.75, 3.05) is 6.54 Å². The zero-order chi connectivity index (χ0) is 16.5. The van der Waals surface area contributed by atoms with Crippen LogP contribution in [0.5, 0.6) is 0 Å². The minimum absolute atomic E-state index is 0.0354. The molecule has 0 spiro atoms. The number of nitrogens with zero attached hydrogens (tertiary/aromatic N) is 1. The lowest BCUT2D eigenvalue weighted by Gasteiger charge is -2.06. The molecule has 1 rings (SSSR count). The van der Waals surface area contributed by atoms with Crippen molar-refractivity contribution >= 4 is 23.2 Å². The number of rotatable bonds is 10. The Balaban J connectivity index is 2.32. The zero-order valence-electron chi connectivity index (χ0n) is 13.6. The Labute approximate surface area is 136 Å². The highest BCUT2D eigenvalue weighted by Gasteiger charge is 2.17. The second kappa shape index (κ2) is 9.56. The van der Waals surface area contributed by atoms with Crippen LogP contribution in [0.1, 0.15) is 66.3 Å². The van der Waals surface area contributed by atoms with Gasteiger partial charge in [-0.05, 0) is 32.1 Å². The fraction of sp³-hybridized carbons (Fsp3) is 0.688. The first-order chi connectivity index (χ1) is 10.4. The number of aliphatic carboxylic acids is 1. The van der Waals surface area contributed by atoms with Crippen LogP contribution < -0.4 is 5.32 Å². The molecule has 0 unspecified atom stereocenters. The average molecular weight is 326 g/mol. The van der Waals surface area contributed by atoms with Crippen LogP contribution in [0.2, 0.25) is 0 Å². The van der Waals surface area contributed by atoms with Crippen molar-refractivity contribution in [3.8, 4) is 0 Å². The van der Waals surface area contributed by atoms with E-state index in [9.17, 15) is 9.59 Å². The van der Waals surface area contributed by atoms with Gasteiger partial charge < -0.3 is 10.4 Å². The van der Waals surface area contributed by atoms with E-state index in [1.54, 1.807) is 0 Å². The molecule has 1 aromatic rings. The van der Waals surface area contributed by atoms with Gasteiger partial charge in [-0.15, -0.1) is 11.3 Å². The number of unbranched alkanes of at least 4 members (excludes halogenated alkanes) is 3. The van der Waals surface area contributed by atoms with Crippen molar-refractivity contribution in [3.63, 3.8) is 0 Å². The second-order valence-electron chi connectivity index (χ2n) is 5.92. The summed E-state index contributed by atoms with van der Waals surface area (Å²) >= 11 is 1.45. The summed E-state index contributed by atoms with van der Waals surface area (Å²) in [7, 11) is 0. The summed E-state index contributed by atoms with van der Waals surface area (Å²) < 4.78 is 0. The maximum absolute atomic E-state index is 12.2. The maximum Gasteiger partial charge on any atom is 0.303 e. The number of hydrogen-bond donors (Lipinski definition) is 2. The molecule has 0 saturated heterocycles. The minimum Gasteiger partial charge on any atom is -0.481 e. The van der Waals surface area contributed by atoms with Gasteiger partial charge in [0, 0.05) is 13.0 Å². The summed E-state index contributed by atoms with van der Waals surface area (Å²) in [6.07, 6.45) is 4.46. The van der Waals surface area contributed by atoms with Crippen LogP contribution in [0.15, 0.2) is 0 Å². The highest BCUT2D eigenvalue weighted by atomic mass is 32.1. The normalized spacial score (nSPS) is 10.9. The van der Waals surface area contributed by atoms with Gasteiger partial charge in [-0.1, -0.05) is 26.7 Å². The lowest BCUT2D eigenvalue weighted by molar-refractivity contribution is -0.137. The van der Waals surface area contributed by atoms with Crippen molar-refractivity contribution in [1.82, 2.24) is 10.3 Å². The SMILES string of the molecule is Cc1nc(CC(C)C)c(C(=O)NCCCCCCC(=O)O)s1. The highest BCUT2D eigenvalue weighted by Crippen LogP contribution is 2.20. The third-order valence-electron chi connectivity index (χ3n) is 3.22. The Morgan fingerprint density at radius 3 is 2.55 bits per heavy atom. The van der Waals surface area contributed by atoms with Crippen molar-refractivity contribution < 1.29 is 14.7 Å². The fourth-order valence-electron chi connectivity index (χ4n) is 2.21. The summed E-state index contributed by atoms with van der Waals surface area (Å²) in [5, 5.41) is 12.4. The van der Waals surface area contributed by atoms with E-state index < -0.39 is 5.97 Å². The van der Waals surface area contributed by atoms with E-state index in [0.717, 1.165) is 41.3 Å². The van der Waals surface area contributed by atoms with Crippen LogP contribution in [0, 0.1) is 12.8 Å². The van der Waals surface area contributed by atoms with Crippen molar-refractivity contribution in [2.24, 2.45) is 5.92 Å². The molecular weight excluding hydrogens is 300 g/mol. The van der Waals surface area contributed by atoms with Crippen LogP contribution in [0.25, 0.3) is 0 Å². The topological polar surface area (TPSA) is 79.3 Å². The number of hydrogen-bond acceptors (Lipinski definition) is 4. The molecule has 5 nitrogen and oxygen atoms in total. The van der Waals surface area contributed by atoms with E-state index >= 15 is 0 Å². The van der Waals surface area contributed by atoms with E-state index in [4.69, 9.17) is 5.11 Å². The van der Waals surface area contributed by atoms with Gasteiger partial charge in [-0.25, -0.2) is 4.98 Å². The van der Waals surface area contributed by atoms with Gasteiger partial charge in [0.2, 0.25) is 0 Å². The highest BCUT2D eigenvalue weighted by molar-refractivity contribution is 7.13. The molecule has 0 radical (unpaired) electrons. The summed E-state index contributed by atoms with van der Waals surface area (Å²) in [4.78, 5) is 27.8. The number of thiazole rings is 1. The summed E-state index contributed by atoms with van der Waals surface area (Å²) in [6, 6.07) is 0. The van der Waals surface area contributed by atoms with Gasteiger partial charge in [0.05, 0.1) is 10.7 Å². The van der Waals surface area contributed by atoms with Crippen LogP contribution in [0.4, 0.5) is 0 Å². The van der Waals surface area contributed by atoms with Gasteiger partial charge in [-0.3, -0.25) is 9.59 Å². The number of carboxylic acid groups (broad SMARTS) is 1. The number of aryl methyl sites for hydroxylation is 1. The molecule has 22 heavy (non-hydrogen) atoms. The van der Waals surface area contributed by atoms with E-state index in [2.05, 4.69) is 24.1 Å². The Hall–Kier alpha value is -1.43. The smallest absolute Gasteiger partial charge is 0.303 e. The first-order valence-electron chi connectivity index (χ1n) is 7.86. The average Bonchev–Trinajstić information content (AvgIpc) is 2.77. The Morgan fingerprint density at radius 1 is 1.23 bits per heavy atom. The molecule has 0 atom stereocenters. The molecule has 1 aromatic heterocycles. The number of carboxylic acids is 1.